The number of hydrogen-bond acceptors (Lipinski definition) is 4. The molecule has 1 nitrogen and oxygen atoms in total. The minimum absolute atomic E-state index is 1.02. The molecule has 0 spiro atoms. The highest BCUT2D eigenvalue weighted by molar-refractivity contribution is 7.97. The second-order valence-electron chi connectivity index (χ2n) is 2.55. The Bertz CT molecular complexity index is 364. The van der Waals surface area contributed by atoms with Crippen LogP contribution < -0.4 is 0 Å². The fourth-order valence-electron chi connectivity index (χ4n) is 1.03. The standard InChI is InChI=1S/C9H9NS3/c1-11-5-7-6-13-9(10-7)8-3-2-4-12-8/h2-4,6H,5H2,1H3. The average molecular weight is 227 g/mol. The summed E-state index contributed by atoms with van der Waals surface area (Å²) in [5.41, 5.74) is 1.20. The maximum atomic E-state index is 4.55. The van der Waals surface area contributed by atoms with Gasteiger partial charge < -0.3 is 0 Å². The maximum absolute atomic E-state index is 4.55. The summed E-state index contributed by atoms with van der Waals surface area (Å²) in [6, 6.07) is 4.18. The van der Waals surface area contributed by atoms with E-state index in [0.29, 0.717) is 0 Å². The van der Waals surface area contributed by atoms with Gasteiger partial charge in [0.2, 0.25) is 0 Å². The SMILES string of the molecule is CSCc1csc(-c2cccs2)n1. The van der Waals surface area contributed by atoms with E-state index in [1.165, 1.54) is 10.6 Å². The highest BCUT2D eigenvalue weighted by Crippen LogP contribution is 2.28. The van der Waals surface area contributed by atoms with Gasteiger partial charge in [-0.15, -0.1) is 22.7 Å². The van der Waals surface area contributed by atoms with E-state index in [2.05, 4.69) is 34.1 Å². The van der Waals surface area contributed by atoms with Crippen molar-refractivity contribution >= 4 is 34.4 Å². The van der Waals surface area contributed by atoms with Crippen LogP contribution in [-0.4, -0.2) is 11.2 Å². The highest BCUT2D eigenvalue weighted by Gasteiger charge is 2.04. The van der Waals surface area contributed by atoms with Crippen LogP contribution in [0.25, 0.3) is 9.88 Å². The van der Waals surface area contributed by atoms with Crippen LogP contribution in [0.15, 0.2) is 22.9 Å². The number of nitrogens with zero attached hydrogens (tertiary/aromatic N) is 1. The van der Waals surface area contributed by atoms with Crippen molar-refractivity contribution in [3.8, 4) is 9.88 Å². The van der Waals surface area contributed by atoms with Crippen molar-refractivity contribution in [3.63, 3.8) is 0 Å². The molecule has 4 heteroatoms. The van der Waals surface area contributed by atoms with Crippen LogP contribution >= 0.6 is 34.4 Å². The van der Waals surface area contributed by atoms with E-state index in [4.69, 9.17) is 0 Å². The topological polar surface area (TPSA) is 12.9 Å². The molecular weight excluding hydrogens is 218 g/mol. The molecular formula is C9H9NS3. The Morgan fingerprint density at radius 2 is 2.38 bits per heavy atom. The molecule has 0 saturated heterocycles. The molecule has 0 aliphatic carbocycles. The third-order valence-electron chi connectivity index (χ3n) is 1.58. The van der Waals surface area contributed by atoms with Crippen LogP contribution in [0.1, 0.15) is 5.69 Å². The summed E-state index contributed by atoms with van der Waals surface area (Å²) in [6.07, 6.45) is 2.10. The molecule has 0 aromatic carbocycles. The average Bonchev–Trinajstić information content (AvgIpc) is 2.70. The maximum Gasteiger partial charge on any atom is 0.133 e. The van der Waals surface area contributed by atoms with Gasteiger partial charge in [0.05, 0.1) is 10.6 Å². The molecule has 0 aliphatic heterocycles. The summed E-state index contributed by atoms with van der Waals surface area (Å²) in [7, 11) is 0. The van der Waals surface area contributed by atoms with Gasteiger partial charge in [0.15, 0.2) is 0 Å². The van der Waals surface area contributed by atoms with Crippen molar-refractivity contribution < 1.29 is 0 Å². The van der Waals surface area contributed by atoms with Crippen LogP contribution in [0.5, 0.6) is 0 Å². The van der Waals surface area contributed by atoms with Gasteiger partial charge in [-0.2, -0.15) is 11.8 Å². The number of thiazole rings is 1. The lowest BCUT2D eigenvalue weighted by atomic mass is 10.5. The van der Waals surface area contributed by atoms with Crippen LogP contribution in [0.2, 0.25) is 0 Å². The van der Waals surface area contributed by atoms with E-state index in [9.17, 15) is 0 Å². The van der Waals surface area contributed by atoms with Gasteiger partial charge in [0.1, 0.15) is 5.01 Å². The summed E-state index contributed by atoms with van der Waals surface area (Å²) >= 11 is 5.29. The van der Waals surface area contributed by atoms with Crippen LogP contribution in [-0.2, 0) is 5.75 Å². The van der Waals surface area contributed by atoms with Gasteiger partial charge in [0.25, 0.3) is 0 Å². The molecule has 0 N–H and O–H groups in total. The molecule has 2 rings (SSSR count). The number of hydrogen-bond donors (Lipinski definition) is 0. The van der Waals surface area contributed by atoms with Crippen molar-refractivity contribution in [1.82, 2.24) is 4.98 Å². The summed E-state index contributed by atoms with van der Waals surface area (Å²) in [4.78, 5) is 5.83. The third kappa shape index (κ3) is 2.13. The summed E-state index contributed by atoms with van der Waals surface area (Å²) < 4.78 is 0. The molecule has 0 saturated carbocycles. The Morgan fingerprint density at radius 3 is 3.08 bits per heavy atom. The zero-order valence-electron chi connectivity index (χ0n) is 7.19. The first-order chi connectivity index (χ1) is 6.40. The number of thiophene rings is 1. The first-order valence-corrected chi connectivity index (χ1v) is 7.02. The number of rotatable bonds is 3. The van der Waals surface area contributed by atoms with E-state index in [1.54, 1.807) is 22.7 Å². The summed E-state index contributed by atoms with van der Waals surface area (Å²) in [5, 5.41) is 5.38. The number of thioether (sulfide) groups is 1. The molecule has 0 radical (unpaired) electrons. The van der Waals surface area contributed by atoms with Gasteiger partial charge in [0, 0.05) is 11.1 Å². The molecule has 68 valence electrons. The smallest absolute Gasteiger partial charge is 0.133 e. The van der Waals surface area contributed by atoms with Gasteiger partial charge in [-0.25, -0.2) is 4.98 Å². The van der Waals surface area contributed by atoms with Crippen LogP contribution in [0, 0.1) is 0 Å². The first kappa shape index (κ1) is 9.24. The Hall–Kier alpha value is -0.320. The second-order valence-corrected chi connectivity index (χ2v) is 5.23. The third-order valence-corrected chi connectivity index (χ3v) is 4.09. The molecule has 2 heterocycles. The predicted octanol–water partition coefficient (Wildman–Crippen LogP) is 3.73. The summed E-state index contributed by atoms with van der Waals surface area (Å²) in [5.74, 6) is 1.02. The van der Waals surface area contributed by atoms with Crippen molar-refractivity contribution in [3.05, 3.63) is 28.6 Å². The minimum atomic E-state index is 1.02. The lowest BCUT2D eigenvalue weighted by Crippen LogP contribution is -1.78. The van der Waals surface area contributed by atoms with Crippen molar-refractivity contribution in [1.29, 1.82) is 0 Å². The van der Waals surface area contributed by atoms with Gasteiger partial charge in [-0.3, -0.25) is 0 Å². The molecule has 0 atom stereocenters. The van der Waals surface area contributed by atoms with Gasteiger partial charge in [-0.05, 0) is 17.7 Å². The molecule has 0 amide bonds. The number of aromatic nitrogens is 1. The Balaban J connectivity index is 2.23. The lowest BCUT2D eigenvalue weighted by Gasteiger charge is -1.89. The predicted molar refractivity (Wildman–Crippen MR) is 62.6 cm³/mol. The molecule has 0 bridgehead atoms. The van der Waals surface area contributed by atoms with E-state index in [-0.39, 0.29) is 0 Å². The normalized spacial score (nSPS) is 10.5. The van der Waals surface area contributed by atoms with Crippen molar-refractivity contribution in [2.24, 2.45) is 0 Å². The molecule has 0 unspecified atom stereocenters. The largest absolute Gasteiger partial charge is 0.239 e. The molecule has 0 aliphatic rings. The Morgan fingerprint density at radius 1 is 1.46 bits per heavy atom. The molecule has 0 fully saturated rings. The second kappa shape index (κ2) is 4.26. The quantitative estimate of drug-likeness (QED) is 0.792. The van der Waals surface area contributed by atoms with Crippen molar-refractivity contribution in [2.75, 3.05) is 6.26 Å². The van der Waals surface area contributed by atoms with Crippen LogP contribution in [0.4, 0.5) is 0 Å². The summed E-state index contributed by atoms with van der Waals surface area (Å²) in [6.45, 7) is 0. The fraction of sp³-hybridized carbons (Fsp3) is 0.222. The fourth-order valence-corrected chi connectivity index (χ4v) is 3.22. The minimum Gasteiger partial charge on any atom is -0.239 e. The van der Waals surface area contributed by atoms with Crippen LogP contribution in [0.3, 0.4) is 0 Å². The molecule has 2 aromatic heterocycles. The molecule has 13 heavy (non-hydrogen) atoms. The Kier molecular flexibility index (Phi) is 3.03. The van der Waals surface area contributed by atoms with E-state index >= 15 is 0 Å². The molecule has 2 aromatic rings. The van der Waals surface area contributed by atoms with E-state index < -0.39 is 0 Å². The van der Waals surface area contributed by atoms with E-state index in [1.807, 2.05) is 11.8 Å². The van der Waals surface area contributed by atoms with Crippen molar-refractivity contribution in [2.45, 2.75) is 5.75 Å². The van der Waals surface area contributed by atoms with E-state index in [0.717, 1.165) is 10.8 Å². The van der Waals surface area contributed by atoms with Gasteiger partial charge >= 0.3 is 0 Å². The zero-order valence-corrected chi connectivity index (χ0v) is 9.64. The lowest BCUT2D eigenvalue weighted by molar-refractivity contribution is 1.24. The zero-order chi connectivity index (χ0) is 9.10. The Labute approximate surface area is 89.8 Å². The first-order valence-electron chi connectivity index (χ1n) is 3.87. The van der Waals surface area contributed by atoms with Gasteiger partial charge in [-0.1, -0.05) is 6.07 Å². The highest BCUT2D eigenvalue weighted by atomic mass is 32.2. The monoisotopic (exact) mass is 227 g/mol.